The molecule has 0 atom stereocenters. The highest BCUT2D eigenvalue weighted by molar-refractivity contribution is 5.83. The second-order valence-electron chi connectivity index (χ2n) is 6.29. The Morgan fingerprint density at radius 1 is 1.00 bits per heavy atom. The lowest BCUT2D eigenvalue weighted by Gasteiger charge is -2.08. The monoisotopic (exact) mass is 384 g/mol. The van der Waals surface area contributed by atoms with Crippen LogP contribution in [0.2, 0.25) is 0 Å². The predicted octanol–water partition coefficient (Wildman–Crippen LogP) is 5.28. The third-order valence-corrected chi connectivity index (χ3v) is 4.32. The number of oxazole rings is 1. The number of fused-ring (bicyclic) bond motifs is 1. The van der Waals surface area contributed by atoms with Gasteiger partial charge in [-0.25, -0.2) is 9.97 Å². The van der Waals surface area contributed by atoms with E-state index < -0.39 is 11.7 Å². The third-order valence-electron chi connectivity index (χ3n) is 4.32. The van der Waals surface area contributed by atoms with Crippen LogP contribution in [-0.4, -0.2) is 15.0 Å². The first-order valence-corrected chi connectivity index (χ1v) is 8.49. The van der Waals surface area contributed by atoms with Crippen molar-refractivity contribution >= 4 is 22.7 Å². The van der Waals surface area contributed by atoms with Crippen molar-refractivity contribution in [1.29, 1.82) is 0 Å². The minimum Gasteiger partial charge on any atom is -0.422 e. The minimum atomic E-state index is -4.38. The van der Waals surface area contributed by atoms with Gasteiger partial charge in [-0.05, 0) is 42.3 Å². The van der Waals surface area contributed by atoms with Gasteiger partial charge in [0.25, 0.3) is 5.71 Å². The maximum atomic E-state index is 12.7. The fourth-order valence-electron chi connectivity index (χ4n) is 2.81. The molecule has 4 rings (SSSR count). The minimum absolute atomic E-state index is 0.313. The standard InChI is InChI=1S/C20H15F3N4O/c1-12-4-2-3-5-13(12)10-16-27-17-18(24-11-25-19(17)28-16)26-15-8-6-14(7-9-15)20(21,22)23/h2-9,11H,10H2,1H3,(H,24,25,26). The number of aryl methyl sites for hydroxylation is 1. The second kappa shape index (κ2) is 6.95. The fraction of sp³-hybridized carbons (Fsp3) is 0.150. The lowest BCUT2D eigenvalue weighted by molar-refractivity contribution is -0.137. The molecule has 28 heavy (non-hydrogen) atoms. The van der Waals surface area contributed by atoms with Crippen LogP contribution in [0.15, 0.2) is 59.3 Å². The van der Waals surface area contributed by atoms with E-state index in [0.29, 0.717) is 35.0 Å². The van der Waals surface area contributed by atoms with Crippen molar-refractivity contribution in [3.8, 4) is 0 Å². The molecule has 0 amide bonds. The lowest BCUT2D eigenvalue weighted by Crippen LogP contribution is -2.04. The van der Waals surface area contributed by atoms with E-state index in [1.165, 1.54) is 18.5 Å². The van der Waals surface area contributed by atoms with Gasteiger partial charge < -0.3 is 9.73 Å². The van der Waals surface area contributed by atoms with Gasteiger partial charge in [-0.2, -0.15) is 18.2 Å². The molecule has 0 aliphatic heterocycles. The molecule has 5 nitrogen and oxygen atoms in total. The van der Waals surface area contributed by atoms with Crippen LogP contribution >= 0.6 is 0 Å². The maximum Gasteiger partial charge on any atom is 0.416 e. The van der Waals surface area contributed by atoms with Gasteiger partial charge in [-0.3, -0.25) is 0 Å². The van der Waals surface area contributed by atoms with Crippen molar-refractivity contribution in [3.05, 3.63) is 77.4 Å². The van der Waals surface area contributed by atoms with E-state index in [2.05, 4.69) is 20.3 Å². The molecule has 142 valence electrons. The van der Waals surface area contributed by atoms with Crippen molar-refractivity contribution < 1.29 is 17.6 Å². The largest absolute Gasteiger partial charge is 0.422 e. The average molecular weight is 384 g/mol. The molecule has 1 N–H and O–H groups in total. The first kappa shape index (κ1) is 18.0. The van der Waals surface area contributed by atoms with Crippen molar-refractivity contribution in [2.75, 3.05) is 5.32 Å². The van der Waals surface area contributed by atoms with Gasteiger partial charge >= 0.3 is 6.18 Å². The average Bonchev–Trinajstić information content (AvgIpc) is 3.07. The zero-order valence-electron chi connectivity index (χ0n) is 14.8. The SMILES string of the molecule is Cc1ccccc1Cc1nc2c(Nc3ccc(C(F)(F)F)cc3)ncnc2o1. The normalized spacial score (nSPS) is 11.7. The number of rotatable bonds is 4. The Morgan fingerprint density at radius 3 is 2.46 bits per heavy atom. The van der Waals surface area contributed by atoms with Gasteiger partial charge in [0.2, 0.25) is 5.89 Å². The van der Waals surface area contributed by atoms with Crippen LogP contribution < -0.4 is 5.32 Å². The molecular weight excluding hydrogens is 369 g/mol. The van der Waals surface area contributed by atoms with E-state index in [0.717, 1.165) is 23.3 Å². The Bertz CT molecular complexity index is 1120. The van der Waals surface area contributed by atoms with Crippen LogP contribution in [0.1, 0.15) is 22.6 Å². The Balaban J connectivity index is 1.61. The summed E-state index contributed by atoms with van der Waals surface area (Å²) in [6.07, 6.45) is -2.56. The fourth-order valence-corrected chi connectivity index (χ4v) is 2.81. The molecule has 2 heterocycles. The molecule has 0 bridgehead atoms. The number of hydrogen-bond acceptors (Lipinski definition) is 5. The molecule has 0 saturated heterocycles. The molecule has 0 unspecified atom stereocenters. The topological polar surface area (TPSA) is 63.8 Å². The summed E-state index contributed by atoms with van der Waals surface area (Å²) in [4.78, 5) is 12.7. The molecule has 0 fully saturated rings. The summed E-state index contributed by atoms with van der Waals surface area (Å²) in [7, 11) is 0. The highest BCUT2D eigenvalue weighted by Gasteiger charge is 2.30. The van der Waals surface area contributed by atoms with Crippen LogP contribution in [0.25, 0.3) is 11.2 Å². The zero-order valence-corrected chi connectivity index (χ0v) is 14.8. The van der Waals surface area contributed by atoms with Crippen molar-refractivity contribution in [2.24, 2.45) is 0 Å². The first-order chi connectivity index (χ1) is 13.4. The molecule has 2 aromatic carbocycles. The Labute approximate surface area is 158 Å². The van der Waals surface area contributed by atoms with Crippen molar-refractivity contribution in [2.45, 2.75) is 19.5 Å². The number of alkyl halides is 3. The number of anilines is 2. The lowest BCUT2D eigenvalue weighted by atomic mass is 10.1. The molecule has 4 aromatic rings. The highest BCUT2D eigenvalue weighted by atomic mass is 19.4. The van der Waals surface area contributed by atoms with Crippen molar-refractivity contribution in [1.82, 2.24) is 15.0 Å². The van der Waals surface area contributed by atoms with Gasteiger partial charge in [0, 0.05) is 12.1 Å². The van der Waals surface area contributed by atoms with E-state index in [1.54, 1.807) is 0 Å². The molecule has 8 heteroatoms. The summed E-state index contributed by atoms with van der Waals surface area (Å²) < 4.78 is 43.8. The van der Waals surface area contributed by atoms with Gasteiger partial charge in [0.15, 0.2) is 11.3 Å². The van der Waals surface area contributed by atoms with Gasteiger partial charge in [0.1, 0.15) is 6.33 Å². The number of nitrogens with one attached hydrogen (secondary N) is 1. The van der Waals surface area contributed by atoms with E-state index in [-0.39, 0.29) is 0 Å². The van der Waals surface area contributed by atoms with Crippen LogP contribution in [0.3, 0.4) is 0 Å². The number of nitrogens with zero attached hydrogens (tertiary/aromatic N) is 3. The first-order valence-electron chi connectivity index (χ1n) is 8.49. The predicted molar refractivity (Wildman–Crippen MR) is 98.3 cm³/mol. The third kappa shape index (κ3) is 3.66. The molecule has 0 aliphatic carbocycles. The van der Waals surface area contributed by atoms with Crippen LogP contribution in [0.4, 0.5) is 24.7 Å². The summed E-state index contributed by atoms with van der Waals surface area (Å²) in [5, 5.41) is 2.97. The van der Waals surface area contributed by atoms with E-state index >= 15 is 0 Å². The maximum absolute atomic E-state index is 12.7. The summed E-state index contributed by atoms with van der Waals surface area (Å²) in [6.45, 7) is 2.01. The van der Waals surface area contributed by atoms with Gasteiger partial charge in [-0.1, -0.05) is 24.3 Å². The van der Waals surface area contributed by atoms with Crippen LogP contribution in [0, 0.1) is 6.92 Å². The van der Waals surface area contributed by atoms with Crippen LogP contribution in [0.5, 0.6) is 0 Å². The van der Waals surface area contributed by atoms with Crippen LogP contribution in [-0.2, 0) is 12.6 Å². The number of aromatic nitrogens is 3. The smallest absolute Gasteiger partial charge is 0.416 e. The zero-order chi connectivity index (χ0) is 19.7. The summed E-state index contributed by atoms with van der Waals surface area (Å²) >= 11 is 0. The second-order valence-corrected chi connectivity index (χ2v) is 6.29. The van der Waals surface area contributed by atoms with E-state index in [1.807, 2.05) is 31.2 Å². The Morgan fingerprint density at radius 2 is 1.75 bits per heavy atom. The molecule has 2 aromatic heterocycles. The van der Waals surface area contributed by atoms with E-state index in [4.69, 9.17) is 4.42 Å². The van der Waals surface area contributed by atoms with Gasteiger partial charge in [-0.15, -0.1) is 0 Å². The summed E-state index contributed by atoms with van der Waals surface area (Å²) in [6, 6.07) is 12.6. The summed E-state index contributed by atoms with van der Waals surface area (Å²) in [5.41, 5.74) is 2.68. The van der Waals surface area contributed by atoms with E-state index in [9.17, 15) is 13.2 Å². The quantitative estimate of drug-likeness (QED) is 0.519. The number of hydrogen-bond donors (Lipinski definition) is 1. The molecule has 0 radical (unpaired) electrons. The van der Waals surface area contributed by atoms with Gasteiger partial charge in [0.05, 0.1) is 5.56 Å². The number of benzene rings is 2. The molecule has 0 aliphatic rings. The summed E-state index contributed by atoms with van der Waals surface area (Å²) in [5.74, 6) is 0.852. The number of halogens is 3. The Kier molecular flexibility index (Phi) is 4.46. The molecule has 0 saturated carbocycles. The molecular formula is C20H15F3N4O. The Hall–Kier alpha value is -3.42. The molecule has 0 spiro atoms. The highest BCUT2D eigenvalue weighted by Crippen LogP contribution is 2.31. The van der Waals surface area contributed by atoms with Crippen molar-refractivity contribution in [3.63, 3.8) is 0 Å².